The van der Waals surface area contributed by atoms with E-state index in [9.17, 15) is 9.90 Å². The average molecular weight is 474 g/mol. The van der Waals surface area contributed by atoms with Gasteiger partial charge in [0.15, 0.2) is 11.6 Å². The maximum Gasteiger partial charge on any atom is 0.314 e. The molecular formula is C26H31N7O2. The lowest BCUT2D eigenvalue weighted by Gasteiger charge is -2.10. The van der Waals surface area contributed by atoms with Crippen LogP contribution in [0.5, 0.6) is 0 Å². The van der Waals surface area contributed by atoms with Gasteiger partial charge in [0.05, 0.1) is 6.54 Å². The topological polar surface area (TPSA) is 122 Å². The van der Waals surface area contributed by atoms with Crippen LogP contribution in [-0.2, 0) is 17.8 Å². The number of nitrogens with one attached hydrogen (secondary N) is 1. The molecule has 2 aromatic carbocycles. The number of hydrogen-bond donors (Lipinski definition) is 2. The molecule has 0 bridgehead atoms. The second kappa shape index (κ2) is 11.5. The Labute approximate surface area is 204 Å². The third-order valence-corrected chi connectivity index (χ3v) is 6.16. The van der Waals surface area contributed by atoms with Crippen molar-refractivity contribution >= 4 is 5.97 Å². The highest BCUT2D eigenvalue weighted by Crippen LogP contribution is 2.30. The molecule has 2 N–H and O–H groups in total. The molecule has 0 spiro atoms. The highest BCUT2D eigenvalue weighted by molar-refractivity contribution is 5.80. The number of carboxylic acids is 1. The number of carbonyl (C=O) groups is 1. The average Bonchev–Trinajstić information content (AvgIpc) is 3.53. The zero-order valence-corrected chi connectivity index (χ0v) is 20.2. The highest BCUT2D eigenvalue weighted by atomic mass is 16.4. The number of aromatic nitrogens is 7. The summed E-state index contributed by atoms with van der Waals surface area (Å²) in [7, 11) is 0. The standard InChI is InChI=1S/C26H31N7O2/c1-3-5-6-7-12-23-27-24(20(4-2)26(34)35)30-33(23)17-18-13-15-19(16-14-18)21-10-8-9-11-22(21)25-28-31-32-29-25/h8-11,13-16,20H,3-7,12,17H2,1-2H3,(H,34,35)(H,28,29,31,32). The van der Waals surface area contributed by atoms with Crippen LogP contribution in [0.4, 0.5) is 0 Å². The molecule has 0 fully saturated rings. The zero-order valence-electron chi connectivity index (χ0n) is 20.2. The molecule has 0 radical (unpaired) electrons. The zero-order chi connectivity index (χ0) is 24.6. The molecule has 9 heteroatoms. The second-order valence-corrected chi connectivity index (χ2v) is 8.65. The van der Waals surface area contributed by atoms with Gasteiger partial charge in [-0.15, -0.1) is 5.10 Å². The van der Waals surface area contributed by atoms with Gasteiger partial charge in [0, 0.05) is 12.0 Å². The van der Waals surface area contributed by atoms with Crippen molar-refractivity contribution in [3.8, 4) is 22.5 Å². The number of carboxylic acid groups (broad SMARTS) is 1. The normalized spacial score (nSPS) is 12.1. The molecule has 35 heavy (non-hydrogen) atoms. The van der Waals surface area contributed by atoms with Gasteiger partial charge >= 0.3 is 5.97 Å². The molecule has 0 aliphatic rings. The fourth-order valence-electron chi connectivity index (χ4n) is 4.21. The Morgan fingerprint density at radius 1 is 1.03 bits per heavy atom. The summed E-state index contributed by atoms with van der Waals surface area (Å²) in [5.41, 5.74) is 4.09. The summed E-state index contributed by atoms with van der Waals surface area (Å²) in [5, 5.41) is 28.5. The Bertz CT molecular complexity index is 1230. The van der Waals surface area contributed by atoms with Gasteiger partial charge in [0.2, 0.25) is 0 Å². The molecular weight excluding hydrogens is 442 g/mol. The predicted molar refractivity (Wildman–Crippen MR) is 133 cm³/mol. The van der Waals surface area contributed by atoms with E-state index >= 15 is 0 Å². The van der Waals surface area contributed by atoms with Crippen LogP contribution >= 0.6 is 0 Å². The smallest absolute Gasteiger partial charge is 0.314 e. The molecule has 9 nitrogen and oxygen atoms in total. The van der Waals surface area contributed by atoms with E-state index < -0.39 is 11.9 Å². The summed E-state index contributed by atoms with van der Waals surface area (Å²) >= 11 is 0. The lowest BCUT2D eigenvalue weighted by Crippen LogP contribution is -2.13. The Balaban J connectivity index is 1.57. The molecule has 2 heterocycles. The van der Waals surface area contributed by atoms with E-state index in [1.54, 1.807) is 0 Å². The number of H-pyrrole nitrogens is 1. The predicted octanol–water partition coefficient (Wildman–Crippen LogP) is 4.87. The SMILES string of the molecule is CCCCCCc1nc(C(CC)C(=O)O)nn1Cc1ccc(-c2ccccc2-c2nnn[nH]2)cc1. The number of rotatable bonds is 12. The number of hydrogen-bond acceptors (Lipinski definition) is 6. The minimum Gasteiger partial charge on any atom is -0.481 e. The van der Waals surface area contributed by atoms with Crippen LogP contribution in [0.15, 0.2) is 48.5 Å². The molecule has 2 aromatic heterocycles. The molecule has 4 rings (SSSR count). The van der Waals surface area contributed by atoms with Crippen molar-refractivity contribution in [2.75, 3.05) is 0 Å². The summed E-state index contributed by atoms with van der Waals surface area (Å²) in [5.74, 6) is 0.304. The van der Waals surface area contributed by atoms with E-state index in [4.69, 9.17) is 0 Å². The van der Waals surface area contributed by atoms with Crippen LogP contribution in [0.1, 0.15) is 69.1 Å². The number of aromatic amines is 1. The third-order valence-electron chi connectivity index (χ3n) is 6.16. The first-order valence-corrected chi connectivity index (χ1v) is 12.2. The molecule has 0 saturated carbocycles. The maximum atomic E-state index is 11.7. The van der Waals surface area contributed by atoms with Crippen LogP contribution in [0.2, 0.25) is 0 Å². The first-order chi connectivity index (χ1) is 17.1. The van der Waals surface area contributed by atoms with Gasteiger partial charge < -0.3 is 5.11 Å². The van der Waals surface area contributed by atoms with Gasteiger partial charge in [-0.1, -0.05) is 81.6 Å². The van der Waals surface area contributed by atoms with E-state index in [1.807, 2.05) is 35.9 Å². The van der Waals surface area contributed by atoms with Crippen LogP contribution in [0.25, 0.3) is 22.5 Å². The number of aliphatic carboxylic acids is 1. The molecule has 1 unspecified atom stereocenters. The van der Waals surface area contributed by atoms with Gasteiger partial charge in [-0.05, 0) is 40.0 Å². The van der Waals surface area contributed by atoms with E-state index in [1.165, 1.54) is 6.42 Å². The lowest BCUT2D eigenvalue weighted by molar-refractivity contribution is -0.139. The number of nitrogens with zero attached hydrogens (tertiary/aromatic N) is 6. The van der Waals surface area contributed by atoms with E-state index in [0.717, 1.165) is 53.8 Å². The van der Waals surface area contributed by atoms with E-state index in [-0.39, 0.29) is 0 Å². The molecule has 0 aliphatic heterocycles. The van der Waals surface area contributed by atoms with Crippen molar-refractivity contribution in [1.82, 2.24) is 35.4 Å². The van der Waals surface area contributed by atoms with Gasteiger partial charge in [-0.2, -0.15) is 5.10 Å². The van der Waals surface area contributed by atoms with Gasteiger partial charge in [0.25, 0.3) is 0 Å². The van der Waals surface area contributed by atoms with Gasteiger partial charge in [-0.25, -0.2) is 14.8 Å². The maximum absolute atomic E-state index is 11.7. The molecule has 0 saturated heterocycles. The van der Waals surface area contributed by atoms with Crippen molar-refractivity contribution in [2.24, 2.45) is 0 Å². The summed E-state index contributed by atoms with van der Waals surface area (Å²) in [4.78, 5) is 16.3. The summed E-state index contributed by atoms with van der Waals surface area (Å²) in [6.07, 6.45) is 5.74. The summed E-state index contributed by atoms with van der Waals surface area (Å²) in [6, 6.07) is 16.3. The lowest BCUT2D eigenvalue weighted by atomic mass is 9.98. The molecule has 4 aromatic rings. The minimum absolute atomic E-state index is 0.400. The summed E-state index contributed by atoms with van der Waals surface area (Å²) < 4.78 is 1.87. The minimum atomic E-state index is -0.882. The van der Waals surface area contributed by atoms with Crippen LogP contribution in [-0.4, -0.2) is 46.5 Å². The monoisotopic (exact) mass is 473 g/mol. The first kappa shape index (κ1) is 24.3. The Morgan fingerprint density at radius 3 is 2.46 bits per heavy atom. The van der Waals surface area contributed by atoms with Gasteiger partial charge in [-0.3, -0.25) is 4.79 Å². The first-order valence-electron chi connectivity index (χ1n) is 12.2. The summed E-state index contributed by atoms with van der Waals surface area (Å²) in [6.45, 7) is 4.58. The molecule has 1 atom stereocenters. The molecule has 0 amide bonds. The Kier molecular flexibility index (Phi) is 7.97. The number of tetrazole rings is 1. The van der Waals surface area contributed by atoms with Crippen LogP contribution < -0.4 is 0 Å². The highest BCUT2D eigenvalue weighted by Gasteiger charge is 2.24. The molecule has 182 valence electrons. The van der Waals surface area contributed by atoms with Crippen molar-refractivity contribution in [3.63, 3.8) is 0 Å². The Hall–Kier alpha value is -3.88. The fourth-order valence-corrected chi connectivity index (χ4v) is 4.21. The van der Waals surface area contributed by atoms with Crippen molar-refractivity contribution < 1.29 is 9.90 Å². The van der Waals surface area contributed by atoms with E-state index in [2.05, 4.69) is 61.9 Å². The number of benzene rings is 2. The van der Waals surface area contributed by atoms with Crippen LogP contribution in [0, 0.1) is 0 Å². The fraction of sp³-hybridized carbons (Fsp3) is 0.385. The second-order valence-electron chi connectivity index (χ2n) is 8.65. The largest absolute Gasteiger partial charge is 0.481 e. The van der Waals surface area contributed by atoms with Crippen molar-refractivity contribution in [1.29, 1.82) is 0 Å². The van der Waals surface area contributed by atoms with Crippen LogP contribution in [0.3, 0.4) is 0 Å². The van der Waals surface area contributed by atoms with Crippen molar-refractivity contribution in [2.45, 2.75) is 64.8 Å². The molecule has 0 aliphatic carbocycles. The van der Waals surface area contributed by atoms with Crippen molar-refractivity contribution in [3.05, 3.63) is 65.7 Å². The number of unbranched alkanes of at least 4 members (excludes halogenated alkanes) is 3. The third kappa shape index (κ3) is 5.79. The van der Waals surface area contributed by atoms with E-state index in [0.29, 0.717) is 24.6 Å². The number of aryl methyl sites for hydroxylation is 1. The quantitative estimate of drug-likeness (QED) is 0.281. The Morgan fingerprint density at radius 2 is 1.80 bits per heavy atom. The van der Waals surface area contributed by atoms with Gasteiger partial charge in [0.1, 0.15) is 11.7 Å².